The first-order valence-corrected chi connectivity index (χ1v) is 11.2. The molecule has 10 heteroatoms. The lowest BCUT2D eigenvalue weighted by molar-refractivity contribution is -0.140. The minimum atomic E-state index is -4.55. The van der Waals surface area contributed by atoms with Crippen molar-refractivity contribution in [3.63, 3.8) is 0 Å². The molecule has 1 amide bonds. The van der Waals surface area contributed by atoms with Crippen molar-refractivity contribution >= 4 is 22.6 Å². The average Bonchev–Trinajstić information content (AvgIpc) is 3.20. The Labute approximate surface area is 199 Å². The summed E-state index contributed by atoms with van der Waals surface area (Å²) in [5.41, 5.74) is 1.88. The van der Waals surface area contributed by atoms with Gasteiger partial charge in [-0.15, -0.1) is 0 Å². The molecule has 1 fully saturated rings. The van der Waals surface area contributed by atoms with Crippen LogP contribution in [-0.2, 0) is 13.2 Å². The number of rotatable bonds is 3. The second kappa shape index (κ2) is 8.68. The molecule has 1 aliphatic rings. The van der Waals surface area contributed by atoms with E-state index < -0.39 is 11.9 Å². The normalized spacial score (nSPS) is 14.5. The molecule has 0 unspecified atom stereocenters. The number of aromatic nitrogens is 4. The molecule has 0 N–H and O–H groups in total. The summed E-state index contributed by atoms with van der Waals surface area (Å²) in [5, 5.41) is 4.81. The number of aryl methyl sites for hydroxylation is 2. The molecule has 3 aromatic heterocycles. The predicted octanol–water partition coefficient (Wildman–Crippen LogP) is 4.32. The molecule has 4 heterocycles. The first-order valence-electron chi connectivity index (χ1n) is 11.2. The Morgan fingerprint density at radius 2 is 1.71 bits per heavy atom. The van der Waals surface area contributed by atoms with Gasteiger partial charge < -0.3 is 9.80 Å². The van der Waals surface area contributed by atoms with Gasteiger partial charge in [0.25, 0.3) is 5.91 Å². The third-order valence-electron chi connectivity index (χ3n) is 6.28. The first kappa shape index (κ1) is 22.8. The van der Waals surface area contributed by atoms with Gasteiger partial charge in [-0.1, -0.05) is 30.3 Å². The van der Waals surface area contributed by atoms with Crippen LogP contribution in [0.1, 0.15) is 21.9 Å². The molecule has 180 valence electrons. The highest BCUT2D eigenvalue weighted by atomic mass is 19.4. The number of anilines is 1. The molecule has 35 heavy (non-hydrogen) atoms. The number of nitrogens with zero attached hydrogens (tertiary/aromatic N) is 6. The lowest BCUT2D eigenvalue weighted by atomic mass is 10.0. The smallest absolute Gasteiger partial charge is 0.353 e. The number of alkyl halides is 3. The summed E-state index contributed by atoms with van der Waals surface area (Å²) in [6, 6.07) is 13.3. The maximum absolute atomic E-state index is 13.5. The van der Waals surface area contributed by atoms with Gasteiger partial charge in [0.2, 0.25) is 0 Å². The van der Waals surface area contributed by atoms with Gasteiger partial charge in [-0.25, -0.2) is 9.97 Å². The lowest BCUT2D eigenvalue weighted by Gasteiger charge is -2.35. The third-order valence-corrected chi connectivity index (χ3v) is 6.28. The molecular weight excluding hydrogens is 457 g/mol. The Balaban J connectivity index is 1.46. The van der Waals surface area contributed by atoms with Crippen LogP contribution in [0.25, 0.3) is 22.0 Å². The van der Waals surface area contributed by atoms with Gasteiger partial charge in [0.15, 0.2) is 5.69 Å². The third kappa shape index (κ3) is 4.31. The predicted molar refractivity (Wildman–Crippen MR) is 126 cm³/mol. The number of pyridine rings is 2. The molecule has 0 spiro atoms. The fraction of sp³-hybridized carbons (Fsp3) is 0.280. The van der Waals surface area contributed by atoms with Crippen molar-refractivity contribution in [3.8, 4) is 11.1 Å². The Morgan fingerprint density at radius 1 is 1.00 bits per heavy atom. The van der Waals surface area contributed by atoms with Crippen LogP contribution in [0.3, 0.4) is 0 Å². The number of amides is 1. The number of piperazine rings is 1. The van der Waals surface area contributed by atoms with Crippen LogP contribution in [0.5, 0.6) is 0 Å². The molecule has 1 aliphatic heterocycles. The molecule has 0 radical (unpaired) electrons. The van der Waals surface area contributed by atoms with Crippen molar-refractivity contribution in [2.45, 2.75) is 13.1 Å². The van der Waals surface area contributed by atoms with E-state index in [4.69, 9.17) is 0 Å². The van der Waals surface area contributed by atoms with E-state index in [1.165, 1.54) is 6.07 Å². The minimum Gasteiger partial charge on any atom is -0.353 e. The van der Waals surface area contributed by atoms with Gasteiger partial charge in [-0.05, 0) is 30.7 Å². The molecule has 0 bridgehead atoms. The number of benzene rings is 1. The largest absolute Gasteiger partial charge is 0.433 e. The van der Waals surface area contributed by atoms with Crippen molar-refractivity contribution in [1.29, 1.82) is 0 Å². The van der Waals surface area contributed by atoms with Gasteiger partial charge >= 0.3 is 6.18 Å². The van der Waals surface area contributed by atoms with Crippen LogP contribution in [0, 0.1) is 6.92 Å². The van der Waals surface area contributed by atoms with Gasteiger partial charge in [0.1, 0.15) is 11.5 Å². The number of halogens is 3. The monoisotopic (exact) mass is 480 g/mol. The van der Waals surface area contributed by atoms with E-state index in [1.54, 1.807) is 28.9 Å². The molecule has 0 atom stereocenters. The number of hydrogen-bond acceptors (Lipinski definition) is 5. The van der Waals surface area contributed by atoms with Crippen LogP contribution >= 0.6 is 0 Å². The summed E-state index contributed by atoms with van der Waals surface area (Å²) in [6.45, 7) is 3.77. The first-order chi connectivity index (χ1) is 16.7. The second-order valence-electron chi connectivity index (χ2n) is 8.53. The summed E-state index contributed by atoms with van der Waals surface area (Å²) in [5.74, 6) is 0.420. The van der Waals surface area contributed by atoms with Gasteiger partial charge in [-0.3, -0.25) is 9.48 Å². The van der Waals surface area contributed by atoms with Crippen molar-refractivity contribution < 1.29 is 18.0 Å². The molecule has 7 nitrogen and oxygen atoms in total. The van der Waals surface area contributed by atoms with E-state index in [1.807, 2.05) is 42.2 Å². The molecule has 0 aliphatic carbocycles. The Morgan fingerprint density at radius 3 is 2.34 bits per heavy atom. The topological polar surface area (TPSA) is 67.2 Å². The standard InChI is InChI=1S/C25H23F3N6O/c1-16-14-20(31-32(16)2)24(35)34-12-10-33(11-13-34)23-18-8-9-21(25(26,27)28)30-22(18)19(15-29-23)17-6-4-3-5-7-17/h3-9,14-15H,10-13H2,1-2H3. The second-order valence-corrected chi connectivity index (χ2v) is 8.53. The van der Waals surface area contributed by atoms with Gasteiger partial charge in [-0.2, -0.15) is 18.3 Å². The van der Waals surface area contributed by atoms with Crippen LogP contribution in [0.2, 0.25) is 0 Å². The molecule has 1 saturated heterocycles. The van der Waals surface area contributed by atoms with Crippen LogP contribution in [0.15, 0.2) is 54.7 Å². The zero-order chi connectivity index (χ0) is 24.7. The van der Waals surface area contributed by atoms with Crippen molar-refractivity contribution in [2.75, 3.05) is 31.1 Å². The number of carbonyl (C=O) groups is 1. The van der Waals surface area contributed by atoms with Crippen LogP contribution < -0.4 is 4.90 Å². The number of hydrogen-bond donors (Lipinski definition) is 0. The van der Waals surface area contributed by atoms with E-state index in [-0.39, 0.29) is 11.4 Å². The number of fused-ring (bicyclic) bond motifs is 1. The average molecular weight is 480 g/mol. The van der Waals surface area contributed by atoms with E-state index in [0.717, 1.165) is 17.3 Å². The van der Waals surface area contributed by atoms with Crippen molar-refractivity contribution in [2.24, 2.45) is 7.05 Å². The summed E-state index contributed by atoms with van der Waals surface area (Å²) >= 11 is 0. The highest BCUT2D eigenvalue weighted by molar-refractivity contribution is 5.99. The Hall–Kier alpha value is -3.95. The van der Waals surface area contributed by atoms with Crippen LogP contribution in [-0.4, -0.2) is 56.7 Å². The van der Waals surface area contributed by atoms with Gasteiger partial charge in [0.05, 0.1) is 5.52 Å². The van der Waals surface area contributed by atoms with E-state index in [9.17, 15) is 18.0 Å². The maximum atomic E-state index is 13.5. The zero-order valence-electron chi connectivity index (χ0n) is 19.3. The zero-order valence-corrected chi connectivity index (χ0v) is 19.3. The summed E-state index contributed by atoms with van der Waals surface area (Å²) in [4.78, 5) is 25.2. The summed E-state index contributed by atoms with van der Waals surface area (Å²) in [7, 11) is 1.79. The lowest BCUT2D eigenvalue weighted by Crippen LogP contribution is -2.49. The summed E-state index contributed by atoms with van der Waals surface area (Å²) < 4.78 is 42.0. The van der Waals surface area contributed by atoms with Crippen molar-refractivity contribution in [3.05, 3.63) is 71.8 Å². The van der Waals surface area contributed by atoms with E-state index >= 15 is 0 Å². The number of carbonyl (C=O) groups excluding carboxylic acids is 1. The SMILES string of the molecule is Cc1cc(C(=O)N2CCN(c3ncc(-c4ccccc4)c4nc(C(F)(F)F)ccc34)CC2)nn1C. The van der Waals surface area contributed by atoms with Crippen molar-refractivity contribution in [1.82, 2.24) is 24.6 Å². The van der Waals surface area contributed by atoms with Crippen LogP contribution in [0.4, 0.5) is 19.0 Å². The Bertz CT molecular complexity index is 1370. The fourth-order valence-corrected chi connectivity index (χ4v) is 4.29. The summed E-state index contributed by atoms with van der Waals surface area (Å²) in [6.07, 6.45) is -2.98. The van der Waals surface area contributed by atoms with Gasteiger partial charge in [0, 0.05) is 56.1 Å². The highest BCUT2D eigenvalue weighted by Crippen LogP contribution is 2.36. The van der Waals surface area contributed by atoms with E-state index in [0.29, 0.717) is 48.6 Å². The molecule has 4 aromatic rings. The quantitative estimate of drug-likeness (QED) is 0.437. The molecule has 0 saturated carbocycles. The highest BCUT2D eigenvalue weighted by Gasteiger charge is 2.33. The van der Waals surface area contributed by atoms with E-state index in [2.05, 4.69) is 15.1 Å². The maximum Gasteiger partial charge on any atom is 0.433 e. The molecule has 1 aromatic carbocycles. The fourth-order valence-electron chi connectivity index (χ4n) is 4.29. The molecule has 5 rings (SSSR count). The Kier molecular flexibility index (Phi) is 5.66. The minimum absolute atomic E-state index is 0.137. The molecular formula is C25H23F3N6O.